The van der Waals surface area contributed by atoms with Crippen LogP contribution in [-0.4, -0.2) is 9.85 Å². The molecule has 0 aromatic heterocycles. The molecule has 1 aliphatic rings. The minimum absolute atomic E-state index is 0.0931. The summed E-state index contributed by atoms with van der Waals surface area (Å²) in [6.45, 7) is 6.65. The maximum atomic E-state index is 9.29. The van der Waals surface area contributed by atoms with Crippen LogP contribution in [0.2, 0.25) is 0 Å². The van der Waals surface area contributed by atoms with Gasteiger partial charge in [0.05, 0.1) is 0 Å². The number of phenolic OH excluding ortho intramolecular Hbond substituents is 1. The molecule has 2 unspecified atom stereocenters. The topological polar surface area (TPSA) is 20.2 Å². The lowest BCUT2D eigenvalue weighted by molar-refractivity contribution is 0.475. The molecule has 0 radical (unpaired) electrons. The molecular formula is C15H18OS. The molecule has 17 heavy (non-hydrogen) atoms. The Kier molecular flexibility index (Phi) is 3.34. The van der Waals surface area contributed by atoms with E-state index in [0.29, 0.717) is 11.7 Å². The van der Waals surface area contributed by atoms with Crippen molar-refractivity contribution in [2.45, 2.75) is 30.4 Å². The third kappa shape index (κ3) is 2.75. The number of hydrogen-bond donors (Lipinski definition) is 1. The second-order valence-electron chi connectivity index (χ2n) is 4.82. The van der Waals surface area contributed by atoms with Crippen molar-refractivity contribution < 1.29 is 5.11 Å². The van der Waals surface area contributed by atoms with E-state index in [1.54, 1.807) is 12.1 Å². The van der Waals surface area contributed by atoms with Gasteiger partial charge in [-0.05, 0) is 44.0 Å². The van der Waals surface area contributed by atoms with E-state index in [0.717, 1.165) is 0 Å². The van der Waals surface area contributed by atoms with Gasteiger partial charge in [-0.3, -0.25) is 0 Å². The van der Waals surface area contributed by atoms with Gasteiger partial charge in [-0.2, -0.15) is 0 Å². The summed E-state index contributed by atoms with van der Waals surface area (Å²) in [5, 5.41) is 9.29. The number of allylic oxidation sites excluding steroid dienone is 3. The molecule has 1 N–H and O–H groups in total. The summed E-state index contributed by atoms with van der Waals surface area (Å²) >= 11 is 1.85. The Hall–Kier alpha value is -1.15. The molecule has 1 aliphatic carbocycles. The van der Waals surface area contributed by atoms with Crippen LogP contribution in [0.5, 0.6) is 5.75 Å². The monoisotopic (exact) mass is 246 g/mol. The van der Waals surface area contributed by atoms with Gasteiger partial charge in [0.15, 0.2) is 0 Å². The number of hydrogen-bond acceptors (Lipinski definition) is 2. The predicted octanol–water partition coefficient (Wildman–Crippen LogP) is 4.40. The molecule has 2 rings (SSSR count). The molecular weight excluding hydrogens is 228 g/mol. The Bertz CT molecular complexity index is 458. The first-order chi connectivity index (χ1) is 7.99. The zero-order valence-electron chi connectivity index (χ0n) is 10.5. The lowest BCUT2D eigenvalue weighted by atomic mass is 9.88. The first kappa shape index (κ1) is 12.3. The summed E-state index contributed by atoms with van der Waals surface area (Å²) in [4.78, 5) is 1.19. The molecule has 0 saturated carbocycles. The minimum Gasteiger partial charge on any atom is -0.508 e. The zero-order chi connectivity index (χ0) is 12.5. The van der Waals surface area contributed by atoms with Gasteiger partial charge in [0.25, 0.3) is 0 Å². The summed E-state index contributed by atoms with van der Waals surface area (Å²) in [6, 6.07) is 7.43. The van der Waals surface area contributed by atoms with Crippen LogP contribution in [0.25, 0.3) is 0 Å². The molecule has 0 amide bonds. The van der Waals surface area contributed by atoms with Gasteiger partial charge in [-0.15, -0.1) is 11.8 Å². The Balaban J connectivity index is 2.22. The quantitative estimate of drug-likeness (QED) is 0.835. The number of benzene rings is 1. The van der Waals surface area contributed by atoms with Gasteiger partial charge < -0.3 is 5.11 Å². The molecule has 1 aromatic rings. The maximum Gasteiger partial charge on any atom is 0.115 e. The van der Waals surface area contributed by atoms with Gasteiger partial charge in [0, 0.05) is 9.64 Å². The summed E-state index contributed by atoms with van der Waals surface area (Å²) in [5.41, 5.74) is 1.32. The van der Waals surface area contributed by atoms with Gasteiger partial charge >= 0.3 is 0 Å². The molecule has 0 fully saturated rings. The Morgan fingerprint density at radius 1 is 1.24 bits per heavy atom. The molecule has 2 atom stereocenters. The summed E-state index contributed by atoms with van der Waals surface area (Å²) < 4.78 is 0.0931. The fourth-order valence-electron chi connectivity index (χ4n) is 2.01. The van der Waals surface area contributed by atoms with Crippen molar-refractivity contribution in [1.82, 2.24) is 0 Å². The molecule has 0 bridgehead atoms. The number of phenols is 1. The third-order valence-electron chi connectivity index (χ3n) is 3.24. The van der Waals surface area contributed by atoms with Crippen molar-refractivity contribution in [3.05, 3.63) is 48.1 Å². The summed E-state index contributed by atoms with van der Waals surface area (Å²) in [7, 11) is 0. The molecule has 0 aliphatic heterocycles. The van der Waals surface area contributed by atoms with Gasteiger partial charge in [-0.25, -0.2) is 0 Å². The Labute approximate surface area is 107 Å². The van der Waals surface area contributed by atoms with Crippen LogP contribution in [0.1, 0.15) is 20.8 Å². The van der Waals surface area contributed by atoms with Crippen LogP contribution in [0, 0.1) is 5.92 Å². The lowest BCUT2D eigenvalue weighted by Gasteiger charge is -2.33. The molecule has 0 heterocycles. The first-order valence-electron chi connectivity index (χ1n) is 5.85. The van der Waals surface area contributed by atoms with Crippen molar-refractivity contribution in [3.8, 4) is 5.75 Å². The molecule has 1 aromatic carbocycles. The number of rotatable bonds is 2. The molecule has 2 heteroatoms. The highest BCUT2D eigenvalue weighted by Crippen LogP contribution is 2.43. The van der Waals surface area contributed by atoms with E-state index in [9.17, 15) is 5.11 Å². The smallest absolute Gasteiger partial charge is 0.115 e. The average Bonchev–Trinajstić information content (AvgIpc) is 2.27. The number of aromatic hydroxyl groups is 1. The standard InChI is InChI=1S/C15H18OS/c1-11-4-5-12(2)15(3,10-11)17-14-8-6-13(16)7-9-14/h4-10,12,16H,1-3H3. The van der Waals surface area contributed by atoms with E-state index in [2.05, 4.69) is 39.0 Å². The number of thioether (sulfide) groups is 1. The van der Waals surface area contributed by atoms with Crippen molar-refractivity contribution in [3.63, 3.8) is 0 Å². The van der Waals surface area contributed by atoms with E-state index in [-0.39, 0.29) is 4.75 Å². The second-order valence-corrected chi connectivity index (χ2v) is 6.37. The fourth-order valence-corrected chi connectivity index (χ4v) is 3.30. The highest BCUT2D eigenvalue weighted by molar-refractivity contribution is 8.00. The molecule has 0 spiro atoms. The van der Waals surface area contributed by atoms with Crippen LogP contribution < -0.4 is 0 Å². The minimum atomic E-state index is 0.0931. The van der Waals surface area contributed by atoms with Gasteiger partial charge in [0.1, 0.15) is 5.75 Å². The fraction of sp³-hybridized carbons (Fsp3) is 0.333. The molecule has 0 saturated heterocycles. The van der Waals surface area contributed by atoms with Crippen LogP contribution in [-0.2, 0) is 0 Å². The third-order valence-corrected chi connectivity index (χ3v) is 4.68. The maximum absolute atomic E-state index is 9.29. The summed E-state index contributed by atoms with van der Waals surface area (Å²) in [6.07, 6.45) is 6.78. The average molecular weight is 246 g/mol. The van der Waals surface area contributed by atoms with Crippen LogP contribution in [0.15, 0.2) is 53.0 Å². The van der Waals surface area contributed by atoms with E-state index < -0.39 is 0 Å². The normalized spacial score (nSPS) is 27.9. The molecule has 1 nitrogen and oxygen atoms in total. The van der Waals surface area contributed by atoms with Crippen LogP contribution in [0.3, 0.4) is 0 Å². The van der Waals surface area contributed by atoms with Crippen LogP contribution in [0.4, 0.5) is 0 Å². The van der Waals surface area contributed by atoms with Crippen molar-refractivity contribution in [1.29, 1.82) is 0 Å². The highest BCUT2D eigenvalue weighted by atomic mass is 32.2. The van der Waals surface area contributed by atoms with E-state index >= 15 is 0 Å². The SMILES string of the molecule is CC1=CC(C)(Sc2ccc(O)cc2)C(C)C=C1. The van der Waals surface area contributed by atoms with Gasteiger partial charge in [0.2, 0.25) is 0 Å². The van der Waals surface area contributed by atoms with Crippen molar-refractivity contribution in [2.24, 2.45) is 5.92 Å². The summed E-state index contributed by atoms with van der Waals surface area (Å²) in [5.74, 6) is 0.827. The molecule has 90 valence electrons. The van der Waals surface area contributed by atoms with Gasteiger partial charge in [-0.1, -0.05) is 30.7 Å². The predicted molar refractivity (Wildman–Crippen MR) is 74.4 cm³/mol. The lowest BCUT2D eigenvalue weighted by Crippen LogP contribution is -2.27. The van der Waals surface area contributed by atoms with Crippen molar-refractivity contribution >= 4 is 11.8 Å². The van der Waals surface area contributed by atoms with Crippen molar-refractivity contribution in [2.75, 3.05) is 0 Å². The Morgan fingerprint density at radius 2 is 1.88 bits per heavy atom. The van der Waals surface area contributed by atoms with Crippen LogP contribution >= 0.6 is 11.8 Å². The zero-order valence-corrected chi connectivity index (χ0v) is 11.3. The van der Waals surface area contributed by atoms with E-state index in [1.165, 1.54) is 10.5 Å². The van der Waals surface area contributed by atoms with E-state index in [1.807, 2.05) is 23.9 Å². The largest absolute Gasteiger partial charge is 0.508 e. The van der Waals surface area contributed by atoms with E-state index in [4.69, 9.17) is 0 Å². The Morgan fingerprint density at radius 3 is 2.53 bits per heavy atom. The second kappa shape index (κ2) is 4.61. The highest BCUT2D eigenvalue weighted by Gasteiger charge is 2.30. The first-order valence-corrected chi connectivity index (χ1v) is 6.67.